The molecule has 7 heteroatoms. The molecule has 1 fully saturated rings. The molecular formula is C16H19NO5S. The van der Waals surface area contributed by atoms with Gasteiger partial charge in [-0.1, -0.05) is 6.92 Å². The Balaban J connectivity index is 2.44. The summed E-state index contributed by atoms with van der Waals surface area (Å²) in [4.78, 5) is 25.8. The predicted octanol–water partition coefficient (Wildman–Crippen LogP) is 3.16. The summed E-state index contributed by atoms with van der Waals surface area (Å²) in [6.07, 6.45) is 2.37. The lowest BCUT2D eigenvalue weighted by atomic mass is 10.1. The number of nitrogens with zero attached hydrogens (tertiary/aromatic N) is 1. The smallest absolute Gasteiger partial charge is 0.293 e. The van der Waals surface area contributed by atoms with Gasteiger partial charge in [-0.15, -0.1) is 0 Å². The third-order valence-corrected chi connectivity index (χ3v) is 4.25. The standard InChI is InChI=1S/C16H19NO5S/c1-5-8-17-15(18)12(23-16(17)19)9-10-6-7-11(20-2)14(22-4)13(10)21-3/h6-7,9H,5,8H2,1-4H3/b12-9+. The molecule has 0 unspecified atom stereocenters. The zero-order valence-corrected chi connectivity index (χ0v) is 14.4. The minimum atomic E-state index is -0.279. The first-order valence-electron chi connectivity index (χ1n) is 7.11. The minimum Gasteiger partial charge on any atom is -0.493 e. The highest BCUT2D eigenvalue weighted by Gasteiger charge is 2.34. The Labute approximate surface area is 139 Å². The number of imide groups is 1. The summed E-state index contributed by atoms with van der Waals surface area (Å²) in [5, 5.41) is -0.248. The van der Waals surface area contributed by atoms with Crippen molar-refractivity contribution in [3.8, 4) is 17.2 Å². The van der Waals surface area contributed by atoms with Gasteiger partial charge in [-0.25, -0.2) is 0 Å². The van der Waals surface area contributed by atoms with Crippen molar-refractivity contribution in [1.29, 1.82) is 0 Å². The number of thioether (sulfide) groups is 1. The monoisotopic (exact) mass is 337 g/mol. The lowest BCUT2D eigenvalue weighted by Gasteiger charge is -2.14. The fraction of sp³-hybridized carbons (Fsp3) is 0.375. The summed E-state index contributed by atoms with van der Waals surface area (Å²) in [5.74, 6) is 1.14. The first-order valence-corrected chi connectivity index (χ1v) is 7.93. The number of carbonyl (C=O) groups excluding carboxylic acids is 2. The van der Waals surface area contributed by atoms with Crippen molar-refractivity contribution < 1.29 is 23.8 Å². The van der Waals surface area contributed by atoms with E-state index in [-0.39, 0.29) is 11.1 Å². The topological polar surface area (TPSA) is 65.1 Å². The summed E-state index contributed by atoms with van der Waals surface area (Å²) < 4.78 is 15.9. The van der Waals surface area contributed by atoms with E-state index in [4.69, 9.17) is 14.2 Å². The van der Waals surface area contributed by atoms with Crippen molar-refractivity contribution in [2.24, 2.45) is 0 Å². The highest BCUT2D eigenvalue weighted by Crippen LogP contribution is 2.42. The summed E-state index contributed by atoms with van der Waals surface area (Å²) in [6.45, 7) is 2.34. The van der Waals surface area contributed by atoms with Crippen LogP contribution in [0.15, 0.2) is 17.0 Å². The lowest BCUT2D eigenvalue weighted by molar-refractivity contribution is -0.122. The largest absolute Gasteiger partial charge is 0.493 e. The van der Waals surface area contributed by atoms with E-state index in [2.05, 4.69) is 0 Å². The molecule has 1 aliphatic rings. The molecule has 1 saturated heterocycles. The number of rotatable bonds is 6. The number of ether oxygens (including phenoxy) is 3. The van der Waals surface area contributed by atoms with Crippen LogP contribution < -0.4 is 14.2 Å². The molecule has 6 nitrogen and oxygen atoms in total. The van der Waals surface area contributed by atoms with Crippen LogP contribution in [0.2, 0.25) is 0 Å². The fourth-order valence-corrected chi connectivity index (χ4v) is 3.15. The van der Waals surface area contributed by atoms with Crippen LogP contribution >= 0.6 is 11.8 Å². The van der Waals surface area contributed by atoms with Crippen LogP contribution in [0.4, 0.5) is 4.79 Å². The molecule has 2 amide bonds. The van der Waals surface area contributed by atoms with E-state index >= 15 is 0 Å². The van der Waals surface area contributed by atoms with Gasteiger partial charge < -0.3 is 14.2 Å². The van der Waals surface area contributed by atoms with Crippen LogP contribution in [-0.2, 0) is 4.79 Å². The van der Waals surface area contributed by atoms with Crippen molar-refractivity contribution in [2.75, 3.05) is 27.9 Å². The second kappa shape index (κ2) is 7.41. The Morgan fingerprint density at radius 1 is 1.09 bits per heavy atom. The van der Waals surface area contributed by atoms with E-state index in [0.29, 0.717) is 34.3 Å². The Hall–Kier alpha value is -2.15. The normalized spacial score (nSPS) is 16.2. The maximum Gasteiger partial charge on any atom is 0.293 e. The van der Waals surface area contributed by atoms with Crippen LogP contribution in [0, 0.1) is 0 Å². The quantitative estimate of drug-likeness (QED) is 0.743. The Kier molecular flexibility index (Phi) is 5.54. The third kappa shape index (κ3) is 3.29. The first-order chi connectivity index (χ1) is 11.1. The molecule has 1 aromatic rings. The van der Waals surface area contributed by atoms with Crippen molar-refractivity contribution in [3.63, 3.8) is 0 Å². The molecule has 0 bridgehead atoms. The van der Waals surface area contributed by atoms with Crippen LogP contribution in [0.1, 0.15) is 18.9 Å². The molecule has 0 spiro atoms. The van der Waals surface area contributed by atoms with Crippen LogP contribution in [0.3, 0.4) is 0 Å². The number of methoxy groups -OCH3 is 3. The summed E-state index contributed by atoms with van der Waals surface area (Å²) in [7, 11) is 4.56. The van der Waals surface area contributed by atoms with Gasteiger partial charge in [0.2, 0.25) is 5.75 Å². The maximum absolute atomic E-state index is 12.3. The zero-order valence-electron chi connectivity index (χ0n) is 13.5. The summed E-state index contributed by atoms with van der Waals surface area (Å²) in [6, 6.07) is 3.48. The van der Waals surface area contributed by atoms with E-state index < -0.39 is 0 Å². The second-order valence-corrected chi connectivity index (χ2v) is 5.75. The fourth-order valence-electron chi connectivity index (χ4n) is 2.30. The second-order valence-electron chi connectivity index (χ2n) is 4.76. The first kappa shape index (κ1) is 17.2. The van der Waals surface area contributed by atoms with Gasteiger partial charge in [-0.2, -0.15) is 0 Å². The molecule has 124 valence electrons. The SMILES string of the molecule is CCCN1C(=O)S/C(=C/c2ccc(OC)c(OC)c2OC)C1=O. The Bertz CT molecular complexity index is 656. The lowest BCUT2D eigenvalue weighted by Crippen LogP contribution is -2.28. The molecule has 23 heavy (non-hydrogen) atoms. The van der Waals surface area contributed by atoms with Crippen molar-refractivity contribution in [3.05, 3.63) is 22.6 Å². The van der Waals surface area contributed by atoms with Gasteiger partial charge >= 0.3 is 0 Å². The van der Waals surface area contributed by atoms with Crippen LogP contribution in [-0.4, -0.2) is 43.9 Å². The van der Waals surface area contributed by atoms with Gasteiger partial charge in [0, 0.05) is 12.1 Å². The van der Waals surface area contributed by atoms with E-state index in [9.17, 15) is 9.59 Å². The Morgan fingerprint density at radius 3 is 2.35 bits per heavy atom. The minimum absolute atomic E-state index is 0.248. The molecule has 0 N–H and O–H groups in total. The third-order valence-electron chi connectivity index (χ3n) is 3.34. The molecular weight excluding hydrogens is 318 g/mol. The average molecular weight is 337 g/mol. The van der Waals surface area contributed by atoms with Crippen molar-refractivity contribution in [1.82, 2.24) is 4.90 Å². The van der Waals surface area contributed by atoms with Gasteiger partial charge in [0.15, 0.2) is 11.5 Å². The molecule has 0 aromatic heterocycles. The molecule has 0 aliphatic carbocycles. The Morgan fingerprint density at radius 2 is 1.78 bits per heavy atom. The van der Waals surface area contributed by atoms with Gasteiger partial charge in [0.25, 0.3) is 11.1 Å². The van der Waals surface area contributed by atoms with Gasteiger partial charge in [0.1, 0.15) is 0 Å². The van der Waals surface area contributed by atoms with Crippen molar-refractivity contribution >= 4 is 29.0 Å². The highest BCUT2D eigenvalue weighted by atomic mass is 32.2. The molecule has 1 aliphatic heterocycles. The van der Waals surface area contributed by atoms with Gasteiger partial charge in [0.05, 0.1) is 26.2 Å². The zero-order chi connectivity index (χ0) is 17.0. The molecule has 0 atom stereocenters. The van der Waals surface area contributed by atoms with Crippen molar-refractivity contribution in [2.45, 2.75) is 13.3 Å². The predicted molar refractivity (Wildman–Crippen MR) is 89.1 cm³/mol. The van der Waals surface area contributed by atoms with Crippen LogP contribution in [0.25, 0.3) is 6.08 Å². The number of hydrogen-bond donors (Lipinski definition) is 0. The number of hydrogen-bond acceptors (Lipinski definition) is 6. The molecule has 1 aromatic carbocycles. The molecule has 2 rings (SSSR count). The summed E-state index contributed by atoms with van der Waals surface area (Å²) >= 11 is 0.930. The van der Waals surface area contributed by atoms with Crippen LogP contribution in [0.5, 0.6) is 17.2 Å². The molecule has 0 radical (unpaired) electrons. The average Bonchev–Trinajstić information content (AvgIpc) is 2.82. The van der Waals surface area contributed by atoms with E-state index in [1.54, 1.807) is 18.2 Å². The highest BCUT2D eigenvalue weighted by molar-refractivity contribution is 8.18. The number of benzene rings is 1. The van der Waals surface area contributed by atoms with Gasteiger partial charge in [-0.3, -0.25) is 14.5 Å². The number of amides is 2. The van der Waals surface area contributed by atoms with E-state index in [1.165, 1.54) is 26.2 Å². The van der Waals surface area contributed by atoms with Gasteiger partial charge in [-0.05, 0) is 36.4 Å². The maximum atomic E-state index is 12.3. The van der Waals surface area contributed by atoms with E-state index in [0.717, 1.165) is 18.2 Å². The molecule has 0 saturated carbocycles. The molecule has 1 heterocycles. The van der Waals surface area contributed by atoms with E-state index in [1.807, 2.05) is 6.92 Å². The summed E-state index contributed by atoms with van der Waals surface area (Å²) in [5.41, 5.74) is 0.646. The number of carbonyl (C=O) groups is 2.